The molecule has 3 heterocycles. The van der Waals surface area contributed by atoms with Crippen molar-refractivity contribution in [1.82, 2.24) is 4.57 Å². The largest absolute Gasteiger partial charge is 0.456 e. The molecule has 11 aromatic rings. The number of nitrogens with zero attached hydrogens (tertiary/aromatic N) is 3. The molecule has 0 bridgehead atoms. The van der Waals surface area contributed by atoms with Crippen molar-refractivity contribution in [3.8, 4) is 5.69 Å². The van der Waals surface area contributed by atoms with Crippen LogP contribution in [0.25, 0.3) is 87.4 Å². The van der Waals surface area contributed by atoms with Gasteiger partial charge < -0.3 is 8.98 Å². The lowest BCUT2D eigenvalue weighted by Gasteiger charge is -2.21. The van der Waals surface area contributed by atoms with Gasteiger partial charge in [-0.2, -0.15) is 0 Å². The van der Waals surface area contributed by atoms with Crippen molar-refractivity contribution < 1.29 is 4.42 Å². The molecule has 1 aliphatic heterocycles. The Morgan fingerprint density at radius 3 is 1.98 bits per heavy atom. The van der Waals surface area contributed by atoms with Crippen molar-refractivity contribution in [3.63, 3.8) is 0 Å². The summed E-state index contributed by atoms with van der Waals surface area (Å²) in [6, 6.07) is 65.0. The summed E-state index contributed by atoms with van der Waals surface area (Å²) in [5.41, 5.74) is 10.1. The lowest BCUT2D eigenvalue weighted by molar-refractivity contribution is 0.669. The van der Waals surface area contributed by atoms with Crippen LogP contribution in [0, 0.1) is 5.92 Å². The van der Waals surface area contributed by atoms with Crippen molar-refractivity contribution >= 4 is 93.3 Å². The lowest BCUT2D eigenvalue weighted by Crippen LogP contribution is -2.17. The van der Waals surface area contributed by atoms with Gasteiger partial charge in [0, 0.05) is 33.2 Å². The van der Waals surface area contributed by atoms with E-state index in [-0.39, 0.29) is 5.92 Å². The molecule has 0 saturated heterocycles. The first kappa shape index (κ1) is 33.6. The van der Waals surface area contributed by atoms with Gasteiger partial charge in [0.05, 0.1) is 33.5 Å². The summed E-state index contributed by atoms with van der Waals surface area (Å²) in [5.74, 6) is 0.811. The number of aromatic nitrogens is 1. The van der Waals surface area contributed by atoms with Crippen LogP contribution in [0.4, 0.5) is 0 Å². The van der Waals surface area contributed by atoms with Crippen LogP contribution in [-0.2, 0) is 0 Å². The molecule has 0 spiro atoms. The van der Waals surface area contributed by atoms with Crippen LogP contribution in [0.5, 0.6) is 0 Å². The van der Waals surface area contributed by atoms with Crippen LogP contribution in [0.2, 0.25) is 0 Å². The summed E-state index contributed by atoms with van der Waals surface area (Å²) < 4.78 is 9.10. The van der Waals surface area contributed by atoms with Gasteiger partial charge in [-0.15, -0.1) is 0 Å². The standard InChI is InChI=1S/C55H37N3O/c1-34-27-29-47(56-55(57-53(34)35-15-3-2-4-16-35)46-32-38-19-7-8-20-39(38)40-21-9-10-22-41(40)46)43-28-30-51-52(44-24-12-14-26-50(44)59-51)54(43)58-48-25-13-11-23-42(48)45-31-36-17-5-6-18-37(36)33-49(45)58/h2-26,28-34H,27H2,1H3/b47-29+,56-55-,57-53+. The van der Waals surface area contributed by atoms with E-state index in [1.54, 1.807) is 0 Å². The molecule has 9 aromatic carbocycles. The fourth-order valence-corrected chi connectivity index (χ4v) is 9.43. The summed E-state index contributed by atoms with van der Waals surface area (Å²) in [5, 5.41) is 11.6. The number of hydrogen-bond donors (Lipinski definition) is 0. The molecule has 1 unspecified atom stereocenters. The van der Waals surface area contributed by atoms with Crippen LogP contribution in [0.3, 0.4) is 0 Å². The molecule has 4 heteroatoms. The van der Waals surface area contributed by atoms with Crippen molar-refractivity contribution in [2.75, 3.05) is 0 Å². The Kier molecular flexibility index (Phi) is 7.54. The average Bonchev–Trinajstić information content (AvgIpc) is 3.82. The smallest absolute Gasteiger partial charge is 0.160 e. The number of amidine groups is 1. The molecule has 0 radical (unpaired) electrons. The van der Waals surface area contributed by atoms with Gasteiger partial charge in [-0.1, -0.05) is 153 Å². The number of fused-ring (bicyclic) bond motifs is 10. The SMILES string of the molecule is CC1C/C=C(c2ccc3oc4ccccc4c3c2-n2c3ccccc3c3cc4ccccc4cc32)/N=C(c2cc3ccccc3c3ccccc23)\N=C/1c1ccccc1. The summed E-state index contributed by atoms with van der Waals surface area (Å²) >= 11 is 0. The number of rotatable bonds is 4. The number of allylic oxidation sites excluding steroid dienone is 1. The monoisotopic (exact) mass is 755 g/mol. The Morgan fingerprint density at radius 2 is 1.15 bits per heavy atom. The van der Waals surface area contributed by atoms with Gasteiger partial charge in [0.15, 0.2) is 5.84 Å². The zero-order valence-corrected chi connectivity index (χ0v) is 32.4. The topological polar surface area (TPSA) is 42.8 Å². The quantitative estimate of drug-likeness (QED) is 0.165. The molecule has 0 N–H and O–H groups in total. The van der Waals surface area contributed by atoms with E-state index in [1.807, 2.05) is 6.07 Å². The second-order valence-corrected chi connectivity index (χ2v) is 15.7. The van der Waals surface area contributed by atoms with E-state index in [0.717, 1.165) is 84.0 Å². The third-order valence-corrected chi connectivity index (χ3v) is 12.2. The maximum atomic E-state index is 6.64. The molecule has 0 amide bonds. The van der Waals surface area contributed by atoms with E-state index >= 15 is 0 Å². The van der Waals surface area contributed by atoms with Gasteiger partial charge in [0.25, 0.3) is 0 Å². The van der Waals surface area contributed by atoms with Gasteiger partial charge in [-0.05, 0) is 86.8 Å². The first-order valence-corrected chi connectivity index (χ1v) is 20.4. The zero-order valence-electron chi connectivity index (χ0n) is 32.4. The van der Waals surface area contributed by atoms with Crippen molar-refractivity contribution in [3.05, 3.63) is 205 Å². The van der Waals surface area contributed by atoms with Crippen molar-refractivity contribution in [2.45, 2.75) is 13.3 Å². The Bertz CT molecular complexity index is 3600. The van der Waals surface area contributed by atoms with Gasteiger partial charge in [-0.3, -0.25) is 0 Å². The molecule has 1 aliphatic rings. The summed E-state index contributed by atoms with van der Waals surface area (Å²) in [6.07, 6.45) is 3.10. The molecule has 2 aromatic heterocycles. The van der Waals surface area contributed by atoms with Crippen LogP contribution >= 0.6 is 0 Å². The third kappa shape index (κ3) is 5.30. The first-order valence-electron chi connectivity index (χ1n) is 20.4. The van der Waals surface area contributed by atoms with E-state index < -0.39 is 0 Å². The highest BCUT2D eigenvalue weighted by Gasteiger charge is 2.26. The van der Waals surface area contributed by atoms with Gasteiger partial charge >= 0.3 is 0 Å². The molecule has 12 rings (SSSR count). The van der Waals surface area contributed by atoms with Crippen LogP contribution < -0.4 is 0 Å². The third-order valence-electron chi connectivity index (χ3n) is 12.2. The van der Waals surface area contributed by atoms with Crippen molar-refractivity contribution in [1.29, 1.82) is 0 Å². The van der Waals surface area contributed by atoms with E-state index in [2.05, 4.69) is 193 Å². The Hall–Kier alpha value is -7.56. The highest BCUT2D eigenvalue weighted by Crippen LogP contribution is 2.44. The minimum absolute atomic E-state index is 0.117. The molecule has 278 valence electrons. The van der Waals surface area contributed by atoms with Crippen molar-refractivity contribution in [2.24, 2.45) is 15.9 Å². The van der Waals surface area contributed by atoms with E-state index in [1.165, 1.54) is 32.3 Å². The molecule has 1 atom stereocenters. The van der Waals surface area contributed by atoms with Gasteiger partial charge in [0.1, 0.15) is 11.2 Å². The fourth-order valence-electron chi connectivity index (χ4n) is 9.43. The Morgan fingerprint density at radius 1 is 0.492 bits per heavy atom. The van der Waals surface area contributed by atoms with E-state index in [4.69, 9.17) is 14.4 Å². The van der Waals surface area contributed by atoms with Crippen LogP contribution in [-0.4, -0.2) is 16.1 Å². The van der Waals surface area contributed by atoms with E-state index in [9.17, 15) is 0 Å². The minimum Gasteiger partial charge on any atom is -0.456 e. The number of para-hydroxylation sites is 2. The number of benzene rings is 9. The summed E-state index contributed by atoms with van der Waals surface area (Å²) in [7, 11) is 0. The maximum Gasteiger partial charge on any atom is 0.160 e. The fraction of sp³-hybridized carbons (Fsp3) is 0.0545. The van der Waals surface area contributed by atoms with Gasteiger partial charge in [-0.25, -0.2) is 9.98 Å². The van der Waals surface area contributed by atoms with E-state index in [0.29, 0.717) is 5.84 Å². The maximum absolute atomic E-state index is 6.64. The Balaban J connectivity index is 1.21. The minimum atomic E-state index is 0.117. The summed E-state index contributed by atoms with van der Waals surface area (Å²) in [6.45, 7) is 2.28. The lowest BCUT2D eigenvalue weighted by atomic mass is 9.92. The second-order valence-electron chi connectivity index (χ2n) is 15.7. The van der Waals surface area contributed by atoms with Gasteiger partial charge in [0.2, 0.25) is 0 Å². The molecule has 59 heavy (non-hydrogen) atoms. The first-order chi connectivity index (χ1) is 29.2. The molecule has 0 fully saturated rings. The molecular formula is C55H37N3O. The average molecular weight is 756 g/mol. The highest BCUT2D eigenvalue weighted by atomic mass is 16.3. The predicted octanol–water partition coefficient (Wildman–Crippen LogP) is 14.5. The molecule has 0 saturated carbocycles. The highest BCUT2D eigenvalue weighted by molar-refractivity contribution is 6.24. The molecule has 4 nitrogen and oxygen atoms in total. The Labute approximate surface area is 340 Å². The zero-order chi connectivity index (χ0) is 39.0. The van der Waals surface area contributed by atoms with Crippen LogP contribution in [0.1, 0.15) is 30.0 Å². The molecule has 0 aliphatic carbocycles. The second kappa shape index (κ2) is 13.3. The normalized spacial score (nSPS) is 17.6. The number of furan rings is 1. The number of hydrogen-bond acceptors (Lipinski definition) is 3. The molecular weight excluding hydrogens is 719 g/mol. The summed E-state index contributed by atoms with van der Waals surface area (Å²) in [4.78, 5) is 11.4. The number of aliphatic imine (C=N–C) groups is 2. The van der Waals surface area contributed by atoms with Crippen LogP contribution in [0.15, 0.2) is 202 Å². The predicted molar refractivity (Wildman–Crippen MR) is 248 cm³/mol.